The summed E-state index contributed by atoms with van der Waals surface area (Å²) in [7, 11) is 0. The molecule has 0 rings (SSSR count). The molecular weight excluding hydrogens is 253 g/mol. The van der Waals surface area contributed by atoms with Crippen LogP contribution >= 0.6 is 0 Å². The second-order valence-corrected chi connectivity index (χ2v) is 0. The van der Waals surface area contributed by atoms with Crippen LogP contribution in [0.15, 0.2) is 0 Å². The molecule has 0 aliphatic carbocycles. The Kier molecular flexibility index (Phi) is 423. The summed E-state index contributed by atoms with van der Waals surface area (Å²) in [6, 6.07) is 0. The zero-order chi connectivity index (χ0) is 2.00. The Labute approximate surface area is 110 Å². The van der Waals surface area contributed by atoms with Gasteiger partial charge in [-0.3, -0.25) is 0 Å². The van der Waals surface area contributed by atoms with E-state index in [1.807, 2.05) is 0 Å². The summed E-state index contributed by atoms with van der Waals surface area (Å²) in [5, 5.41) is 0. The van der Waals surface area contributed by atoms with Crippen molar-refractivity contribution in [2.75, 3.05) is 0 Å². The van der Waals surface area contributed by atoms with Crippen LogP contribution in [0.1, 0.15) is 0 Å². The maximum absolute atomic E-state index is 8.25. The van der Waals surface area contributed by atoms with E-state index in [0.29, 0.717) is 0 Å². The van der Waals surface area contributed by atoms with Crippen LogP contribution in [0.4, 0.5) is 0 Å². The molecule has 0 unspecified atom stereocenters. The molecule has 12 radical (unpaired) electrons. The van der Waals surface area contributed by atoms with Gasteiger partial charge in [-0.2, -0.15) is 0 Å². The zero-order valence-electron chi connectivity index (χ0n) is 4.43. The van der Waals surface area contributed by atoms with Crippen LogP contribution in [0.5, 0.6) is 0 Å². The minimum Gasteiger partial charge on any atom is 0 e. The zero-order valence-corrected chi connectivity index (χ0v) is 11.2. The molecule has 0 heterocycles. The molecule has 0 aromatic heterocycles. The van der Waals surface area contributed by atoms with Gasteiger partial charge in [-0.25, -0.2) is 0 Å². The Bertz CT molecular complexity index is 15.7. The average molecular weight is 253 g/mol. The Hall–Kier alpha value is 3.20. The van der Waals surface area contributed by atoms with Crippen molar-refractivity contribution in [3.63, 3.8) is 0 Å². The summed E-state index contributed by atoms with van der Waals surface area (Å²) < 4.78 is 8.25. The SMILES string of the molecule is [Al].[Ge].[Li].[Li].[O]=[Ge].[V]. The van der Waals surface area contributed by atoms with Crippen molar-refractivity contribution < 1.29 is 22.3 Å². The fraction of sp³-hybridized carbons (Fsp3) is 0. The quantitative estimate of drug-likeness (QED) is 0.455. The smallest absolute Gasteiger partial charge is 0 e. The molecule has 0 N–H and O–H groups in total. The van der Waals surface area contributed by atoms with Gasteiger partial charge < -0.3 is 0 Å². The van der Waals surface area contributed by atoms with Crippen molar-refractivity contribution in [1.82, 2.24) is 0 Å². The van der Waals surface area contributed by atoms with E-state index in [0.717, 1.165) is 16.5 Å². The molecule has 0 saturated carbocycles. The van der Waals surface area contributed by atoms with Gasteiger partial charge in [0.25, 0.3) is 0 Å². The molecule has 0 aromatic rings. The van der Waals surface area contributed by atoms with Crippen LogP contribution in [0.2, 0.25) is 0 Å². The first-order chi connectivity index (χ1) is 1.00. The molecule has 0 bridgehead atoms. The van der Waals surface area contributed by atoms with Crippen molar-refractivity contribution in [1.29, 1.82) is 0 Å². The van der Waals surface area contributed by atoms with Crippen LogP contribution in [0.3, 0.4) is 0 Å². The second-order valence-electron chi connectivity index (χ2n) is 0. The van der Waals surface area contributed by atoms with E-state index in [-0.39, 0.29) is 91.2 Å². The van der Waals surface area contributed by atoms with Gasteiger partial charge in [0, 0.05) is 91.2 Å². The van der Waals surface area contributed by atoms with Crippen LogP contribution in [0.25, 0.3) is 0 Å². The Morgan fingerprint density at radius 1 is 1.00 bits per heavy atom. The standard InChI is InChI=1S/Al.GeO.Ge.2Li.V/c;1-2;;;;. The Morgan fingerprint density at radius 3 is 1.00 bits per heavy atom. The molecule has 0 amide bonds. The number of hydrogen-bond acceptors (Lipinski definition) is 1. The van der Waals surface area contributed by atoms with Crippen LogP contribution in [-0.4, -0.2) is 89.1 Å². The van der Waals surface area contributed by atoms with Crippen molar-refractivity contribution in [2.45, 2.75) is 0 Å². The van der Waals surface area contributed by atoms with E-state index in [1.165, 1.54) is 0 Å². The second kappa shape index (κ2) is 60.5. The largest absolute Gasteiger partial charge is 0 e. The van der Waals surface area contributed by atoms with Gasteiger partial charge in [-0.15, -0.1) is 0 Å². The van der Waals surface area contributed by atoms with Crippen molar-refractivity contribution in [3.8, 4) is 0 Å². The van der Waals surface area contributed by atoms with Gasteiger partial charge in [0.15, 0.2) is 0 Å². The molecule has 0 atom stereocenters. The summed E-state index contributed by atoms with van der Waals surface area (Å²) in [4.78, 5) is 0. The predicted octanol–water partition coefficient (Wildman–Crippen LogP) is -2.03. The first-order valence-corrected chi connectivity index (χ1v) is 1.06. The summed E-state index contributed by atoms with van der Waals surface area (Å²) >= 11 is 0.750. The summed E-state index contributed by atoms with van der Waals surface area (Å²) in [6.07, 6.45) is 0. The van der Waals surface area contributed by atoms with E-state index in [9.17, 15) is 0 Å². The third-order valence-corrected chi connectivity index (χ3v) is 0. The van der Waals surface area contributed by atoms with Gasteiger partial charge in [-0.05, 0) is 0 Å². The predicted molar refractivity (Wildman–Crippen MR) is 29.5 cm³/mol. The topological polar surface area (TPSA) is 17.1 Å². The fourth-order valence-electron chi connectivity index (χ4n) is 0. The maximum atomic E-state index is 8.25. The van der Waals surface area contributed by atoms with Crippen molar-refractivity contribution >= 4 is 89.1 Å². The van der Waals surface area contributed by atoms with Gasteiger partial charge in [0.05, 0.1) is 0 Å². The van der Waals surface area contributed by atoms with Crippen molar-refractivity contribution in [2.24, 2.45) is 0 Å². The summed E-state index contributed by atoms with van der Waals surface area (Å²) in [5.41, 5.74) is 0. The van der Waals surface area contributed by atoms with Crippen LogP contribution in [-0.2, 0) is 22.3 Å². The third kappa shape index (κ3) is 46.6. The van der Waals surface area contributed by atoms with Gasteiger partial charge in [-0.1, -0.05) is 0 Å². The van der Waals surface area contributed by atoms with Gasteiger partial charge >= 0.3 is 20.2 Å². The summed E-state index contributed by atoms with van der Waals surface area (Å²) in [6.45, 7) is 0. The number of hydrogen-bond donors (Lipinski definition) is 0. The molecule has 0 saturated heterocycles. The third-order valence-electron chi connectivity index (χ3n) is 0. The molecule has 0 aromatic carbocycles. The normalized spacial score (nSPS) is 0.571. The average Bonchev–Trinajstić information content (AvgIpc) is 1.00. The minimum absolute atomic E-state index is 0. The molecule has 7 heavy (non-hydrogen) atoms. The Morgan fingerprint density at radius 2 is 1.00 bits per heavy atom. The van der Waals surface area contributed by atoms with E-state index < -0.39 is 0 Å². The van der Waals surface area contributed by atoms with E-state index >= 15 is 0 Å². The molecule has 24 valence electrons. The van der Waals surface area contributed by atoms with Gasteiger partial charge in [0.1, 0.15) is 0 Å². The van der Waals surface area contributed by atoms with E-state index in [4.69, 9.17) is 3.78 Å². The van der Waals surface area contributed by atoms with Gasteiger partial charge in [0.2, 0.25) is 0 Å². The van der Waals surface area contributed by atoms with Crippen LogP contribution in [0, 0.1) is 0 Å². The molecule has 0 spiro atoms. The number of rotatable bonds is 0. The molecule has 0 aliphatic heterocycles. The van der Waals surface area contributed by atoms with Crippen LogP contribution < -0.4 is 0 Å². The first-order valence-electron chi connectivity index (χ1n) is 0.204. The molecular formula is AlGe2Li2OV. The van der Waals surface area contributed by atoms with E-state index in [2.05, 4.69) is 0 Å². The monoisotopic (exact) mass is 256 g/mol. The molecule has 0 fully saturated rings. The summed E-state index contributed by atoms with van der Waals surface area (Å²) in [5.74, 6) is 0. The van der Waals surface area contributed by atoms with E-state index in [1.54, 1.807) is 0 Å². The molecule has 7 heteroatoms. The molecule has 1 nitrogen and oxygen atoms in total. The fourth-order valence-corrected chi connectivity index (χ4v) is 0. The first kappa shape index (κ1) is 49.0. The maximum Gasteiger partial charge on any atom is 0 e. The molecule has 0 aliphatic rings. The van der Waals surface area contributed by atoms with Crippen molar-refractivity contribution in [3.05, 3.63) is 0 Å². The minimum atomic E-state index is 0. The Balaban J connectivity index is -0.000000000500.